The van der Waals surface area contributed by atoms with Gasteiger partial charge in [-0.15, -0.1) is 24.0 Å². The van der Waals surface area contributed by atoms with Crippen molar-refractivity contribution in [2.45, 2.75) is 44.2 Å². The Labute approximate surface area is 173 Å². The number of hydrogen-bond acceptors (Lipinski definition) is 4. The Bertz CT molecular complexity index is 661. The van der Waals surface area contributed by atoms with Crippen LogP contribution in [0, 0.1) is 0 Å². The van der Waals surface area contributed by atoms with Gasteiger partial charge in [-0.05, 0) is 44.4 Å². The van der Waals surface area contributed by atoms with Crippen molar-refractivity contribution in [1.29, 1.82) is 0 Å². The van der Waals surface area contributed by atoms with E-state index in [0.29, 0.717) is 37.2 Å². The molecule has 9 heteroatoms. The summed E-state index contributed by atoms with van der Waals surface area (Å²) in [6, 6.07) is 6.97. The smallest absolute Gasteiger partial charge is 0.240 e. The summed E-state index contributed by atoms with van der Waals surface area (Å²) in [5.74, 6) is 0.717. The molecule has 0 bridgehead atoms. The zero-order valence-electron chi connectivity index (χ0n) is 15.3. The average Bonchev–Trinajstić information content (AvgIpc) is 3.40. The lowest BCUT2D eigenvalue weighted by atomic mass is 10.2. The summed E-state index contributed by atoms with van der Waals surface area (Å²) in [5, 5.41) is 6.37. The summed E-state index contributed by atoms with van der Waals surface area (Å²) >= 11 is 0. The summed E-state index contributed by atoms with van der Waals surface area (Å²) in [6.45, 7) is 7.21. The van der Waals surface area contributed by atoms with E-state index in [0.717, 1.165) is 24.9 Å². The van der Waals surface area contributed by atoms with Crippen LogP contribution in [0.15, 0.2) is 34.2 Å². The highest BCUT2D eigenvalue weighted by molar-refractivity contribution is 14.0. The van der Waals surface area contributed by atoms with Gasteiger partial charge in [-0.3, -0.25) is 0 Å². The predicted octanol–water partition coefficient (Wildman–Crippen LogP) is 1.84. The Balaban J connectivity index is 0.00000338. The summed E-state index contributed by atoms with van der Waals surface area (Å²) < 4.78 is 32.3. The molecule has 1 aromatic carbocycles. The molecule has 1 aromatic rings. The van der Waals surface area contributed by atoms with Gasteiger partial charge in [-0.25, -0.2) is 18.1 Å². The maximum atomic E-state index is 12.1. The number of hydrogen-bond donors (Lipinski definition) is 3. The van der Waals surface area contributed by atoms with Crippen molar-refractivity contribution in [2.75, 3.05) is 26.3 Å². The van der Waals surface area contributed by atoms with Crippen LogP contribution < -0.4 is 15.4 Å². The van der Waals surface area contributed by atoms with Gasteiger partial charge in [0.15, 0.2) is 5.96 Å². The van der Waals surface area contributed by atoms with Crippen LogP contribution in [0.3, 0.4) is 0 Å². The quantitative estimate of drug-likeness (QED) is 0.199. The van der Waals surface area contributed by atoms with Crippen LogP contribution in [0.25, 0.3) is 0 Å². The zero-order valence-corrected chi connectivity index (χ0v) is 18.5. The number of rotatable bonds is 10. The van der Waals surface area contributed by atoms with Crippen molar-refractivity contribution in [1.82, 2.24) is 15.4 Å². The molecular formula is C17H29IN4O3S. The third-order valence-corrected chi connectivity index (χ3v) is 5.18. The van der Waals surface area contributed by atoms with E-state index in [2.05, 4.69) is 20.3 Å². The molecule has 0 saturated heterocycles. The minimum atomic E-state index is -3.40. The van der Waals surface area contributed by atoms with Gasteiger partial charge in [0.25, 0.3) is 0 Å². The molecule has 7 nitrogen and oxygen atoms in total. The Morgan fingerprint density at radius 3 is 2.46 bits per heavy atom. The van der Waals surface area contributed by atoms with Gasteiger partial charge in [0, 0.05) is 25.7 Å². The van der Waals surface area contributed by atoms with Crippen molar-refractivity contribution < 1.29 is 13.2 Å². The van der Waals surface area contributed by atoms with Crippen molar-refractivity contribution in [3.05, 3.63) is 29.8 Å². The number of benzene rings is 1. The van der Waals surface area contributed by atoms with Gasteiger partial charge >= 0.3 is 0 Å². The van der Waals surface area contributed by atoms with E-state index in [1.165, 1.54) is 0 Å². The van der Waals surface area contributed by atoms with Gasteiger partial charge in [-0.1, -0.05) is 12.1 Å². The van der Waals surface area contributed by atoms with Gasteiger partial charge in [0.05, 0.1) is 18.0 Å². The molecule has 2 rings (SSSR count). The zero-order chi connectivity index (χ0) is 18.1. The maximum absolute atomic E-state index is 12.1. The monoisotopic (exact) mass is 496 g/mol. The molecule has 0 unspecified atom stereocenters. The van der Waals surface area contributed by atoms with Crippen LogP contribution in [0.5, 0.6) is 0 Å². The lowest BCUT2D eigenvalue weighted by Crippen LogP contribution is -2.39. The molecule has 1 aliphatic carbocycles. The molecule has 3 N–H and O–H groups in total. The van der Waals surface area contributed by atoms with Crippen LogP contribution in [0.4, 0.5) is 0 Å². The second kappa shape index (κ2) is 11.7. The van der Waals surface area contributed by atoms with E-state index < -0.39 is 10.0 Å². The Hall–Kier alpha value is -0.910. The molecule has 0 atom stereocenters. The molecule has 148 valence electrons. The minimum Gasteiger partial charge on any atom is -0.380 e. The predicted molar refractivity (Wildman–Crippen MR) is 115 cm³/mol. The summed E-state index contributed by atoms with van der Waals surface area (Å²) in [7, 11) is -3.40. The maximum Gasteiger partial charge on any atom is 0.240 e. The second-order valence-corrected chi connectivity index (χ2v) is 7.57. The van der Waals surface area contributed by atoms with Gasteiger partial charge in [0.1, 0.15) is 0 Å². The summed E-state index contributed by atoms with van der Waals surface area (Å²) in [6.07, 6.45) is 1.85. The molecule has 0 amide bonds. The fourth-order valence-electron chi connectivity index (χ4n) is 2.16. The molecule has 1 fully saturated rings. The van der Waals surface area contributed by atoms with Crippen molar-refractivity contribution >= 4 is 40.0 Å². The van der Waals surface area contributed by atoms with Crippen LogP contribution in [-0.2, 0) is 21.3 Å². The highest BCUT2D eigenvalue weighted by atomic mass is 127. The molecule has 1 aliphatic rings. The summed E-state index contributed by atoms with van der Waals surface area (Å²) in [5.41, 5.74) is 0.951. The second-order valence-electron chi connectivity index (χ2n) is 5.86. The molecule has 1 saturated carbocycles. The number of halogens is 1. The fourth-order valence-corrected chi connectivity index (χ4v) is 3.47. The number of sulfonamides is 1. The first kappa shape index (κ1) is 23.1. The third-order valence-electron chi connectivity index (χ3n) is 3.64. The van der Waals surface area contributed by atoms with E-state index in [4.69, 9.17) is 4.74 Å². The average molecular weight is 496 g/mol. The van der Waals surface area contributed by atoms with Crippen LogP contribution in [0.2, 0.25) is 0 Å². The molecule has 26 heavy (non-hydrogen) atoms. The molecule has 0 heterocycles. The van der Waals surface area contributed by atoms with E-state index in [9.17, 15) is 8.42 Å². The molecule has 0 radical (unpaired) electrons. The van der Waals surface area contributed by atoms with Gasteiger partial charge in [-0.2, -0.15) is 0 Å². The topological polar surface area (TPSA) is 91.8 Å². The largest absolute Gasteiger partial charge is 0.380 e. The number of guanidine groups is 1. The van der Waals surface area contributed by atoms with Crippen LogP contribution in [0.1, 0.15) is 32.3 Å². The van der Waals surface area contributed by atoms with Crippen LogP contribution in [-0.4, -0.2) is 46.7 Å². The van der Waals surface area contributed by atoms with Crippen molar-refractivity contribution in [2.24, 2.45) is 4.99 Å². The van der Waals surface area contributed by atoms with Gasteiger partial charge in [0.2, 0.25) is 10.0 Å². The third kappa shape index (κ3) is 8.19. The minimum absolute atomic E-state index is 0. The Kier molecular flexibility index (Phi) is 10.4. The van der Waals surface area contributed by atoms with E-state index >= 15 is 0 Å². The van der Waals surface area contributed by atoms with Gasteiger partial charge < -0.3 is 15.4 Å². The highest BCUT2D eigenvalue weighted by Gasteiger charge is 2.27. The van der Waals surface area contributed by atoms with E-state index in [1.54, 1.807) is 24.3 Å². The first-order chi connectivity index (χ1) is 12.0. The number of nitrogens with zero attached hydrogens (tertiary/aromatic N) is 1. The fraction of sp³-hybridized carbons (Fsp3) is 0.588. The normalized spacial score (nSPS) is 14.6. The lowest BCUT2D eigenvalue weighted by molar-refractivity contribution is 0.152. The summed E-state index contributed by atoms with van der Waals surface area (Å²) in [4.78, 5) is 4.81. The first-order valence-corrected chi connectivity index (χ1v) is 10.2. The van der Waals surface area contributed by atoms with Crippen LogP contribution >= 0.6 is 24.0 Å². The first-order valence-electron chi connectivity index (χ1n) is 8.76. The van der Waals surface area contributed by atoms with E-state index in [-0.39, 0.29) is 30.0 Å². The number of aliphatic imine (C=N–C) groups is 1. The number of nitrogens with one attached hydrogen (secondary N) is 3. The SMILES string of the molecule is CCNC(=NCc1ccc(S(=O)(=O)NC2CC2)cc1)NCCOCC.I. The molecule has 0 aromatic heterocycles. The number of ether oxygens (including phenoxy) is 1. The highest BCUT2D eigenvalue weighted by Crippen LogP contribution is 2.22. The van der Waals surface area contributed by atoms with E-state index in [1.807, 2.05) is 13.8 Å². The molecule has 0 aliphatic heterocycles. The van der Waals surface area contributed by atoms with Crippen molar-refractivity contribution in [3.63, 3.8) is 0 Å². The molecule has 0 spiro atoms. The molecular weight excluding hydrogens is 467 g/mol. The standard InChI is InChI=1S/C17H28N4O3S.HI/c1-3-18-17(19-11-12-24-4-2)20-13-14-5-9-16(10-6-14)25(22,23)21-15-7-8-15;/h5-6,9-10,15,21H,3-4,7-8,11-13H2,1-2H3,(H2,18,19,20);1H. The van der Waals surface area contributed by atoms with Crippen molar-refractivity contribution in [3.8, 4) is 0 Å². The lowest BCUT2D eigenvalue weighted by Gasteiger charge is -2.11. The Morgan fingerprint density at radius 1 is 1.19 bits per heavy atom. The Morgan fingerprint density at radius 2 is 1.88 bits per heavy atom.